The summed E-state index contributed by atoms with van der Waals surface area (Å²) in [6.07, 6.45) is 5.18. The average Bonchev–Trinajstić information content (AvgIpc) is 2.41. The summed E-state index contributed by atoms with van der Waals surface area (Å²) >= 11 is 3.93. The summed E-state index contributed by atoms with van der Waals surface area (Å²) in [5, 5.41) is 0. The minimum atomic E-state index is -0.0429. The van der Waals surface area contributed by atoms with E-state index in [1.54, 1.807) is 12.2 Å². The van der Waals surface area contributed by atoms with Crippen LogP contribution in [0.1, 0.15) is 33.6 Å². The molecule has 0 amide bonds. The predicted molar refractivity (Wildman–Crippen MR) is 62.7 cm³/mol. The minimum Gasteiger partial charge on any atom is -0.294 e. The van der Waals surface area contributed by atoms with Crippen molar-refractivity contribution in [2.75, 3.05) is 0 Å². The normalized spacial score (nSPS) is 28.9. The smallest absolute Gasteiger partial charge is 0.164 e. The number of rotatable bonds is 2. The van der Waals surface area contributed by atoms with Gasteiger partial charge in [-0.3, -0.25) is 4.79 Å². The number of carbonyl (C=O) groups excluding carboxylic acids is 1. The molecule has 14 heavy (non-hydrogen) atoms. The van der Waals surface area contributed by atoms with Crippen molar-refractivity contribution in [3.05, 3.63) is 12.2 Å². The molecule has 0 radical (unpaired) electrons. The molecule has 0 aromatic carbocycles. The molecule has 0 heterocycles. The second-order valence-corrected chi connectivity index (χ2v) is 4.79. The Kier molecular flexibility index (Phi) is 3.53. The van der Waals surface area contributed by atoms with E-state index in [2.05, 4.69) is 31.1 Å². The van der Waals surface area contributed by atoms with Crippen LogP contribution in [0.25, 0.3) is 0 Å². The fourth-order valence-corrected chi connectivity index (χ4v) is 2.22. The molecular formula is C11H17NOS. The first kappa shape index (κ1) is 11.5. The van der Waals surface area contributed by atoms with Crippen LogP contribution in [0.15, 0.2) is 16.5 Å². The lowest BCUT2D eigenvalue weighted by atomic mass is 9.89. The molecule has 0 spiro atoms. The lowest BCUT2D eigenvalue weighted by Gasteiger charge is -2.14. The molecule has 1 fully saturated rings. The summed E-state index contributed by atoms with van der Waals surface area (Å²) in [7, 11) is 0. The van der Waals surface area contributed by atoms with Crippen molar-refractivity contribution in [2.24, 2.45) is 15.7 Å². The van der Waals surface area contributed by atoms with E-state index in [1.165, 1.54) is 0 Å². The van der Waals surface area contributed by atoms with Gasteiger partial charge in [-0.1, -0.05) is 19.9 Å². The molecule has 1 unspecified atom stereocenters. The Bertz CT molecular complexity index is 292. The second kappa shape index (κ2) is 4.30. The van der Waals surface area contributed by atoms with E-state index >= 15 is 0 Å². The van der Waals surface area contributed by atoms with Crippen molar-refractivity contribution in [3.8, 4) is 0 Å². The van der Waals surface area contributed by atoms with Crippen LogP contribution in [-0.2, 0) is 4.79 Å². The van der Waals surface area contributed by atoms with Crippen molar-refractivity contribution >= 4 is 24.3 Å². The topological polar surface area (TPSA) is 29.4 Å². The fraction of sp³-hybridized carbons (Fsp3) is 0.636. The van der Waals surface area contributed by atoms with Gasteiger partial charge in [0.05, 0.1) is 5.92 Å². The van der Waals surface area contributed by atoms with Gasteiger partial charge in [-0.25, -0.2) is 4.40 Å². The molecule has 0 aromatic rings. The first-order valence-corrected chi connectivity index (χ1v) is 5.27. The first-order chi connectivity index (χ1) is 6.50. The highest BCUT2D eigenvalue weighted by atomic mass is 32.1. The molecule has 1 aliphatic rings. The van der Waals surface area contributed by atoms with E-state index in [4.69, 9.17) is 0 Å². The molecule has 0 N–H and O–H groups in total. The lowest BCUT2D eigenvalue weighted by molar-refractivity contribution is -0.116. The Labute approximate surface area is 91.0 Å². The number of allylic oxidation sites excluding steroid dienone is 2. The van der Waals surface area contributed by atoms with Gasteiger partial charge in [-0.05, 0) is 44.1 Å². The number of ketones is 1. The summed E-state index contributed by atoms with van der Waals surface area (Å²) in [5.74, 6) is 0.115. The number of thiol groups is 1. The van der Waals surface area contributed by atoms with Crippen LogP contribution in [0.2, 0.25) is 0 Å². The average molecular weight is 211 g/mol. The Morgan fingerprint density at radius 1 is 1.64 bits per heavy atom. The van der Waals surface area contributed by atoms with E-state index in [0.717, 1.165) is 18.6 Å². The minimum absolute atomic E-state index is 0.0429. The third-order valence-corrected chi connectivity index (χ3v) is 2.88. The maximum atomic E-state index is 11.7. The zero-order chi connectivity index (χ0) is 10.8. The van der Waals surface area contributed by atoms with E-state index in [9.17, 15) is 4.79 Å². The van der Waals surface area contributed by atoms with Crippen LogP contribution < -0.4 is 0 Å². The largest absolute Gasteiger partial charge is 0.294 e. The van der Waals surface area contributed by atoms with Crippen molar-refractivity contribution in [1.29, 1.82) is 0 Å². The third-order valence-electron chi connectivity index (χ3n) is 2.62. The van der Waals surface area contributed by atoms with E-state index < -0.39 is 0 Å². The van der Waals surface area contributed by atoms with Gasteiger partial charge in [-0.15, -0.1) is 0 Å². The predicted octanol–water partition coefficient (Wildman–Crippen LogP) is 2.85. The van der Waals surface area contributed by atoms with Crippen molar-refractivity contribution in [2.45, 2.75) is 33.6 Å². The molecular weight excluding hydrogens is 194 g/mol. The lowest BCUT2D eigenvalue weighted by Crippen LogP contribution is -2.16. The molecule has 1 atom stereocenters. The summed E-state index contributed by atoms with van der Waals surface area (Å²) in [6.45, 7) is 6.18. The number of nitrogens with zero attached hydrogens (tertiary/aromatic N) is 1. The summed E-state index contributed by atoms with van der Waals surface area (Å²) in [5.41, 5.74) is 1.12. The Morgan fingerprint density at radius 3 is 2.79 bits per heavy atom. The maximum absolute atomic E-state index is 11.7. The molecule has 2 nitrogen and oxygen atoms in total. The summed E-state index contributed by atoms with van der Waals surface area (Å²) in [6, 6.07) is 0. The quantitative estimate of drug-likeness (QED) is 0.552. The van der Waals surface area contributed by atoms with Gasteiger partial charge in [-0.2, -0.15) is 0 Å². The molecule has 1 saturated carbocycles. The van der Waals surface area contributed by atoms with E-state index in [1.807, 2.05) is 6.92 Å². The molecule has 78 valence electrons. The van der Waals surface area contributed by atoms with Gasteiger partial charge in [0.1, 0.15) is 0 Å². The number of hydrogen-bond acceptors (Lipinski definition) is 3. The van der Waals surface area contributed by atoms with Crippen molar-refractivity contribution in [1.82, 2.24) is 0 Å². The molecule has 0 bridgehead atoms. The fourth-order valence-electron chi connectivity index (χ4n) is 2.01. The van der Waals surface area contributed by atoms with Crippen LogP contribution in [0.5, 0.6) is 0 Å². The highest BCUT2D eigenvalue weighted by Crippen LogP contribution is 2.40. The van der Waals surface area contributed by atoms with Gasteiger partial charge >= 0.3 is 0 Å². The monoisotopic (exact) mass is 211 g/mol. The second-order valence-electron chi connectivity index (χ2n) is 4.59. The zero-order valence-corrected chi connectivity index (χ0v) is 9.84. The number of hydrogen-bond donors (Lipinski definition) is 1. The van der Waals surface area contributed by atoms with E-state index in [-0.39, 0.29) is 17.1 Å². The SMILES string of the molecule is C/C=C/C(=O)C1CC(C)(C)CC1=NS. The highest BCUT2D eigenvalue weighted by molar-refractivity contribution is 7.79. The van der Waals surface area contributed by atoms with Crippen LogP contribution in [-0.4, -0.2) is 11.5 Å². The van der Waals surface area contributed by atoms with Crippen LogP contribution in [0.3, 0.4) is 0 Å². The third kappa shape index (κ3) is 2.47. The van der Waals surface area contributed by atoms with Gasteiger partial charge in [0.25, 0.3) is 0 Å². The maximum Gasteiger partial charge on any atom is 0.164 e. The van der Waals surface area contributed by atoms with Crippen LogP contribution in [0, 0.1) is 11.3 Å². The van der Waals surface area contributed by atoms with Gasteiger partial charge in [0.2, 0.25) is 0 Å². The van der Waals surface area contributed by atoms with Gasteiger partial charge in [0.15, 0.2) is 5.78 Å². The summed E-state index contributed by atoms with van der Waals surface area (Å²) in [4.78, 5) is 11.7. The number of carbonyl (C=O) groups is 1. The molecule has 0 saturated heterocycles. The molecule has 3 heteroatoms. The van der Waals surface area contributed by atoms with Crippen molar-refractivity contribution in [3.63, 3.8) is 0 Å². The standard InChI is InChI=1S/C11H17NOS/c1-4-5-10(13)8-6-11(2,3)7-9(8)12-14/h4-5,8,14H,6-7H2,1-3H3/b5-4+,12-9?. The van der Waals surface area contributed by atoms with E-state index in [0.29, 0.717) is 0 Å². The molecule has 1 aliphatic carbocycles. The highest BCUT2D eigenvalue weighted by Gasteiger charge is 2.39. The Morgan fingerprint density at radius 2 is 2.29 bits per heavy atom. The van der Waals surface area contributed by atoms with Crippen LogP contribution >= 0.6 is 12.8 Å². The Balaban J connectivity index is 2.84. The van der Waals surface area contributed by atoms with Crippen LogP contribution in [0.4, 0.5) is 0 Å². The van der Waals surface area contributed by atoms with Crippen molar-refractivity contribution < 1.29 is 4.79 Å². The van der Waals surface area contributed by atoms with Gasteiger partial charge in [0, 0.05) is 5.71 Å². The summed E-state index contributed by atoms with van der Waals surface area (Å²) < 4.78 is 3.92. The molecule has 1 rings (SSSR count). The molecule has 0 aromatic heterocycles. The Hall–Kier alpha value is -0.570. The van der Waals surface area contributed by atoms with Gasteiger partial charge < -0.3 is 0 Å². The first-order valence-electron chi connectivity index (χ1n) is 4.87. The zero-order valence-electron chi connectivity index (χ0n) is 8.95. The molecule has 0 aliphatic heterocycles.